The van der Waals surface area contributed by atoms with E-state index in [0.29, 0.717) is 28.5 Å². The molecule has 3 rings (SSSR count). The molecule has 12 heteroatoms. The van der Waals surface area contributed by atoms with E-state index < -0.39 is 5.91 Å². The predicted octanol–water partition coefficient (Wildman–Crippen LogP) is 1.72. The second-order valence-corrected chi connectivity index (χ2v) is 8.71. The van der Waals surface area contributed by atoms with Crippen LogP contribution in [0.25, 0.3) is 16.6 Å². The third-order valence-corrected chi connectivity index (χ3v) is 5.68. The van der Waals surface area contributed by atoms with Crippen molar-refractivity contribution in [2.75, 3.05) is 45.0 Å². The number of carbonyl (C=O) groups is 2. The summed E-state index contributed by atoms with van der Waals surface area (Å²) in [5.41, 5.74) is 12.3. The van der Waals surface area contributed by atoms with Gasteiger partial charge in [-0.1, -0.05) is 12.6 Å². The number of nitrogens with two attached hydrogens (primary N) is 2. The first-order chi connectivity index (χ1) is 18.1. The molecule has 200 valence electrons. The van der Waals surface area contributed by atoms with E-state index >= 15 is 0 Å². The largest absolute Gasteiger partial charge is 0.494 e. The number of hydrazine groups is 1. The first kappa shape index (κ1) is 27.9. The lowest BCUT2D eigenvalue weighted by atomic mass is 10.1. The van der Waals surface area contributed by atoms with Gasteiger partial charge in [0.15, 0.2) is 0 Å². The number of ether oxygens (including phenoxy) is 1. The van der Waals surface area contributed by atoms with E-state index in [1.807, 2.05) is 25.2 Å². The molecule has 0 spiro atoms. The summed E-state index contributed by atoms with van der Waals surface area (Å²) in [5, 5.41) is 7.92. The number of hydrogen-bond donors (Lipinski definition) is 4. The molecule has 38 heavy (non-hydrogen) atoms. The van der Waals surface area contributed by atoms with Crippen molar-refractivity contribution in [1.82, 2.24) is 20.1 Å². The van der Waals surface area contributed by atoms with Crippen LogP contribution in [0.5, 0.6) is 5.75 Å². The number of nitrogens with one attached hydrogen (secondary N) is 2. The maximum atomic E-state index is 12.7. The molecule has 0 aliphatic carbocycles. The minimum Gasteiger partial charge on any atom is -0.494 e. The molecular weight excluding hydrogens is 486 g/mol. The Labute approximate surface area is 221 Å². The summed E-state index contributed by atoms with van der Waals surface area (Å²) in [6.07, 6.45) is 4.48. The summed E-state index contributed by atoms with van der Waals surface area (Å²) in [6.45, 7) is 3.67. The monoisotopic (exact) mass is 519 g/mol. The van der Waals surface area contributed by atoms with Crippen molar-refractivity contribution in [2.45, 2.75) is 0 Å². The molecule has 0 saturated carbocycles. The number of amidine groups is 1. The fraction of sp³-hybridized carbons (Fsp3) is 0.231. The summed E-state index contributed by atoms with van der Waals surface area (Å²) in [7, 11) is 8.54. The average molecular weight is 520 g/mol. The molecule has 1 heterocycles. The van der Waals surface area contributed by atoms with Gasteiger partial charge in [0.05, 0.1) is 42.4 Å². The van der Waals surface area contributed by atoms with Crippen LogP contribution in [-0.2, 0) is 16.6 Å². The molecule has 0 aliphatic heterocycles. The average Bonchev–Trinajstić information content (AvgIpc) is 3.26. The van der Waals surface area contributed by atoms with E-state index in [2.05, 4.69) is 27.4 Å². The standard InChI is InChI=1S/C26H33N9O3/c1-7-25(36)31-19-11-20(23(38-6)13-22(19)34(4)26(37)15-33(2)3)30-24(27)12-18(32-28)16-8-9-21-17(10-16)14-29-35(21)5/h7-14,32H,1,15,28H2,2-6H3,(H2,27,30)(H,31,36)/b18-12-. The van der Waals surface area contributed by atoms with Crippen LogP contribution in [0.4, 0.5) is 17.1 Å². The minimum atomic E-state index is -0.451. The number of aliphatic imine (C=N–C) groups is 1. The molecule has 12 nitrogen and oxygen atoms in total. The van der Waals surface area contributed by atoms with Gasteiger partial charge in [0.25, 0.3) is 0 Å². The Hall–Kier alpha value is -4.68. The summed E-state index contributed by atoms with van der Waals surface area (Å²) in [4.78, 5) is 32.6. The second kappa shape index (κ2) is 12.0. The Balaban J connectivity index is 2.05. The van der Waals surface area contributed by atoms with E-state index in [1.54, 1.807) is 55.1 Å². The number of likely N-dealkylation sites (N-methyl/N-ethyl adjacent to an activating group) is 2. The van der Waals surface area contributed by atoms with Crippen LogP contribution in [0.3, 0.4) is 0 Å². The molecular formula is C26H33N9O3. The molecule has 0 fully saturated rings. The lowest BCUT2D eigenvalue weighted by molar-refractivity contribution is -0.119. The number of amides is 2. The highest BCUT2D eigenvalue weighted by atomic mass is 16.5. The van der Waals surface area contributed by atoms with Crippen LogP contribution in [0.1, 0.15) is 5.56 Å². The number of hydrogen-bond acceptors (Lipinski definition) is 8. The Morgan fingerprint density at radius 3 is 2.61 bits per heavy atom. The van der Waals surface area contributed by atoms with Crippen molar-refractivity contribution in [3.63, 3.8) is 0 Å². The zero-order chi connectivity index (χ0) is 28.0. The Bertz CT molecular complexity index is 1420. The van der Waals surface area contributed by atoms with Crippen molar-refractivity contribution in [1.29, 1.82) is 0 Å². The van der Waals surface area contributed by atoms with E-state index in [0.717, 1.165) is 22.5 Å². The molecule has 0 atom stereocenters. The molecule has 0 bridgehead atoms. The quantitative estimate of drug-likeness (QED) is 0.104. The highest BCUT2D eigenvalue weighted by Crippen LogP contribution is 2.38. The first-order valence-electron chi connectivity index (χ1n) is 11.6. The third kappa shape index (κ3) is 6.35. The fourth-order valence-electron chi connectivity index (χ4n) is 3.74. The summed E-state index contributed by atoms with van der Waals surface area (Å²) in [5.74, 6) is 5.62. The highest BCUT2D eigenvalue weighted by molar-refractivity contribution is 6.06. The molecule has 0 unspecified atom stereocenters. The molecule has 6 N–H and O–H groups in total. The van der Waals surface area contributed by atoms with E-state index in [4.69, 9.17) is 16.3 Å². The maximum Gasteiger partial charge on any atom is 0.247 e. The van der Waals surface area contributed by atoms with Gasteiger partial charge in [0.2, 0.25) is 11.8 Å². The smallest absolute Gasteiger partial charge is 0.247 e. The lowest BCUT2D eigenvalue weighted by Gasteiger charge is -2.23. The predicted molar refractivity (Wildman–Crippen MR) is 151 cm³/mol. The third-order valence-electron chi connectivity index (χ3n) is 5.68. The minimum absolute atomic E-state index is 0.119. The van der Waals surface area contributed by atoms with Crippen molar-refractivity contribution in [3.05, 3.63) is 60.8 Å². The Morgan fingerprint density at radius 1 is 1.24 bits per heavy atom. The number of anilines is 2. The van der Waals surface area contributed by atoms with Crippen LogP contribution in [0, 0.1) is 0 Å². The van der Waals surface area contributed by atoms with Crippen LogP contribution < -0.4 is 32.0 Å². The van der Waals surface area contributed by atoms with Crippen LogP contribution in [-0.4, -0.2) is 67.1 Å². The number of carbonyl (C=O) groups excluding carboxylic acids is 2. The normalized spacial score (nSPS) is 12.0. The molecule has 0 aliphatic rings. The SMILES string of the molecule is C=CC(=O)Nc1cc(N=C(N)/C=C(\NN)c2ccc3c(cnn3C)c2)c(OC)cc1N(C)C(=O)CN(C)C. The van der Waals surface area contributed by atoms with Gasteiger partial charge in [-0.15, -0.1) is 0 Å². The summed E-state index contributed by atoms with van der Waals surface area (Å²) in [6, 6.07) is 8.94. The first-order valence-corrected chi connectivity index (χ1v) is 11.6. The Morgan fingerprint density at radius 2 is 1.97 bits per heavy atom. The number of methoxy groups -OCH3 is 1. The molecule has 1 aromatic heterocycles. The van der Waals surface area contributed by atoms with Crippen molar-refractivity contribution in [2.24, 2.45) is 23.6 Å². The molecule has 2 aromatic carbocycles. The van der Waals surface area contributed by atoms with Crippen molar-refractivity contribution in [3.8, 4) is 5.75 Å². The van der Waals surface area contributed by atoms with E-state index in [1.165, 1.54) is 12.0 Å². The van der Waals surface area contributed by atoms with Crippen LogP contribution >= 0.6 is 0 Å². The van der Waals surface area contributed by atoms with E-state index in [9.17, 15) is 9.59 Å². The van der Waals surface area contributed by atoms with Gasteiger partial charge < -0.3 is 31.0 Å². The summed E-state index contributed by atoms with van der Waals surface area (Å²) < 4.78 is 7.31. The van der Waals surface area contributed by atoms with Gasteiger partial charge in [0.1, 0.15) is 17.3 Å². The number of aromatic nitrogens is 2. The molecule has 3 aromatic rings. The molecule has 0 radical (unpaired) electrons. The summed E-state index contributed by atoms with van der Waals surface area (Å²) >= 11 is 0. The number of benzene rings is 2. The number of nitrogens with zero attached hydrogens (tertiary/aromatic N) is 5. The lowest BCUT2D eigenvalue weighted by Crippen LogP contribution is -2.35. The van der Waals surface area contributed by atoms with Crippen molar-refractivity contribution >= 4 is 51.3 Å². The molecule has 0 saturated heterocycles. The van der Waals surface area contributed by atoms with Gasteiger partial charge in [-0.25, -0.2) is 4.99 Å². The van der Waals surface area contributed by atoms with Gasteiger partial charge >= 0.3 is 0 Å². The van der Waals surface area contributed by atoms with Crippen LogP contribution in [0.2, 0.25) is 0 Å². The number of aryl methyl sites for hydroxylation is 1. The molecule has 2 amide bonds. The zero-order valence-electron chi connectivity index (χ0n) is 22.1. The van der Waals surface area contributed by atoms with Gasteiger partial charge in [-0.2, -0.15) is 5.10 Å². The van der Waals surface area contributed by atoms with Crippen molar-refractivity contribution < 1.29 is 14.3 Å². The number of fused-ring (bicyclic) bond motifs is 1. The maximum absolute atomic E-state index is 12.7. The zero-order valence-corrected chi connectivity index (χ0v) is 22.1. The van der Waals surface area contributed by atoms with Crippen LogP contribution in [0.15, 0.2) is 60.3 Å². The highest BCUT2D eigenvalue weighted by Gasteiger charge is 2.20. The van der Waals surface area contributed by atoms with E-state index in [-0.39, 0.29) is 18.3 Å². The van der Waals surface area contributed by atoms with Gasteiger partial charge in [-0.3, -0.25) is 20.1 Å². The van der Waals surface area contributed by atoms with Gasteiger partial charge in [-0.05, 0) is 43.9 Å². The second-order valence-electron chi connectivity index (χ2n) is 8.71. The van der Waals surface area contributed by atoms with Gasteiger partial charge in [0, 0.05) is 31.6 Å². The topological polar surface area (TPSA) is 156 Å². The fourth-order valence-corrected chi connectivity index (χ4v) is 3.74. The number of rotatable bonds is 10. The Kier molecular flexibility index (Phi) is 8.84.